The summed E-state index contributed by atoms with van der Waals surface area (Å²) in [7, 11) is 1.49. The second kappa shape index (κ2) is 6.68. The molecule has 0 fully saturated rings. The summed E-state index contributed by atoms with van der Waals surface area (Å²) in [6.45, 7) is 0.263. The van der Waals surface area contributed by atoms with Crippen molar-refractivity contribution >= 4 is 27.5 Å². The maximum atomic E-state index is 13.2. The monoisotopic (exact) mass is 304 g/mol. The molecule has 6 heteroatoms. The van der Waals surface area contributed by atoms with Gasteiger partial charge in [0.15, 0.2) is 0 Å². The van der Waals surface area contributed by atoms with E-state index in [1.807, 2.05) is 0 Å². The van der Waals surface area contributed by atoms with Gasteiger partial charge in [-0.15, -0.1) is 0 Å². The van der Waals surface area contributed by atoms with Crippen LogP contribution in [0.5, 0.6) is 0 Å². The Morgan fingerprint density at radius 1 is 1.65 bits per heavy atom. The Morgan fingerprint density at radius 3 is 2.88 bits per heavy atom. The molecule has 1 aromatic carbocycles. The van der Waals surface area contributed by atoms with Gasteiger partial charge in [0.1, 0.15) is 5.82 Å². The zero-order chi connectivity index (χ0) is 12.8. The first-order valence-corrected chi connectivity index (χ1v) is 5.84. The predicted octanol–water partition coefficient (Wildman–Crippen LogP) is 1.89. The molecule has 0 aliphatic rings. The highest BCUT2D eigenvalue weighted by Crippen LogP contribution is 2.19. The van der Waals surface area contributed by atoms with Gasteiger partial charge in [-0.3, -0.25) is 4.79 Å². The number of nitrogens with two attached hydrogens (primary N) is 1. The standard InChI is InChI=1S/C11H14BrFN2O2/c1-17-8(6-14)5-11(16)15-7-2-3-9(12)10(13)4-7/h2-4,8H,5-6,14H2,1H3,(H,15,16). The van der Waals surface area contributed by atoms with Crippen molar-refractivity contribution in [1.29, 1.82) is 0 Å². The molecule has 1 aromatic rings. The maximum absolute atomic E-state index is 13.2. The number of rotatable bonds is 5. The van der Waals surface area contributed by atoms with Gasteiger partial charge >= 0.3 is 0 Å². The van der Waals surface area contributed by atoms with E-state index in [1.165, 1.54) is 19.2 Å². The Kier molecular flexibility index (Phi) is 5.54. The number of methoxy groups -OCH3 is 1. The first-order valence-electron chi connectivity index (χ1n) is 5.04. The molecule has 0 spiro atoms. The smallest absolute Gasteiger partial charge is 0.227 e. The van der Waals surface area contributed by atoms with Crippen LogP contribution in [0.4, 0.5) is 10.1 Å². The first kappa shape index (κ1) is 14.1. The van der Waals surface area contributed by atoms with Crippen LogP contribution in [-0.2, 0) is 9.53 Å². The lowest BCUT2D eigenvalue weighted by Gasteiger charge is -2.12. The summed E-state index contributed by atoms with van der Waals surface area (Å²) in [5, 5.41) is 2.57. The molecule has 1 amide bonds. The quantitative estimate of drug-likeness (QED) is 0.873. The second-order valence-electron chi connectivity index (χ2n) is 3.47. The van der Waals surface area contributed by atoms with Crippen molar-refractivity contribution in [2.24, 2.45) is 5.73 Å². The number of benzene rings is 1. The second-order valence-corrected chi connectivity index (χ2v) is 4.33. The lowest BCUT2D eigenvalue weighted by Crippen LogP contribution is -2.28. The third-order valence-corrected chi connectivity index (χ3v) is 2.86. The van der Waals surface area contributed by atoms with E-state index in [1.54, 1.807) is 6.07 Å². The van der Waals surface area contributed by atoms with Gasteiger partial charge in [0, 0.05) is 19.3 Å². The number of ether oxygens (including phenoxy) is 1. The lowest BCUT2D eigenvalue weighted by molar-refractivity contribution is -0.118. The van der Waals surface area contributed by atoms with Crippen molar-refractivity contribution in [3.8, 4) is 0 Å². The summed E-state index contributed by atoms with van der Waals surface area (Å²) in [6.07, 6.45) is -0.180. The third kappa shape index (κ3) is 4.41. The summed E-state index contributed by atoms with van der Waals surface area (Å²) in [5.41, 5.74) is 5.80. The van der Waals surface area contributed by atoms with E-state index < -0.39 is 5.82 Å². The molecule has 1 rings (SSSR count). The van der Waals surface area contributed by atoms with Crippen LogP contribution < -0.4 is 11.1 Å². The average Bonchev–Trinajstić information content (AvgIpc) is 2.31. The molecule has 94 valence electrons. The Bertz CT molecular complexity index is 397. The van der Waals surface area contributed by atoms with Gasteiger partial charge < -0.3 is 15.8 Å². The normalized spacial score (nSPS) is 12.2. The molecule has 0 heterocycles. The van der Waals surface area contributed by atoms with Gasteiger partial charge in [-0.05, 0) is 34.1 Å². The summed E-state index contributed by atoms with van der Waals surface area (Å²) >= 11 is 3.03. The van der Waals surface area contributed by atoms with Crippen LogP contribution in [-0.4, -0.2) is 25.7 Å². The number of anilines is 1. The SMILES string of the molecule is COC(CN)CC(=O)Nc1ccc(Br)c(F)c1. The van der Waals surface area contributed by atoms with E-state index in [4.69, 9.17) is 10.5 Å². The molecule has 1 atom stereocenters. The fraction of sp³-hybridized carbons (Fsp3) is 0.364. The zero-order valence-electron chi connectivity index (χ0n) is 9.37. The highest BCUT2D eigenvalue weighted by atomic mass is 79.9. The first-order chi connectivity index (χ1) is 8.06. The molecular weight excluding hydrogens is 291 g/mol. The average molecular weight is 305 g/mol. The molecule has 0 aromatic heterocycles. The molecule has 0 saturated heterocycles. The van der Waals surface area contributed by atoms with E-state index in [2.05, 4.69) is 21.2 Å². The topological polar surface area (TPSA) is 64.3 Å². The molecule has 0 aliphatic heterocycles. The Balaban J connectivity index is 2.58. The van der Waals surface area contributed by atoms with Crippen LogP contribution in [0.15, 0.2) is 22.7 Å². The van der Waals surface area contributed by atoms with Gasteiger partial charge in [0.2, 0.25) is 5.91 Å². The third-order valence-electron chi connectivity index (χ3n) is 2.21. The Morgan fingerprint density at radius 2 is 2.35 bits per heavy atom. The highest BCUT2D eigenvalue weighted by molar-refractivity contribution is 9.10. The maximum Gasteiger partial charge on any atom is 0.227 e. The Labute approximate surface area is 107 Å². The summed E-state index contributed by atoms with van der Waals surface area (Å²) < 4.78 is 18.5. The largest absolute Gasteiger partial charge is 0.380 e. The molecule has 17 heavy (non-hydrogen) atoms. The number of halogens is 2. The van der Waals surface area contributed by atoms with Crippen molar-refractivity contribution in [2.75, 3.05) is 19.0 Å². The molecule has 0 radical (unpaired) electrons. The number of amides is 1. The molecule has 0 bridgehead atoms. The number of carbonyl (C=O) groups excluding carboxylic acids is 1. The minimum Gasteiger partial charge on any atom is -0.380 e. The molecular formula is C11H14BrFN2O2. The minimum absolute atomic E-state index is 0.144. The zero-order valence-corrected chi connectivity index (χ0v) is 11.0. The number of carbonyl (C=O) groups is 1. The molecule has 0 saturated carbocycles. The van der Waals surface area contributed by atoms with Gasteiger partial charge in [-0.2, -0.15) is 0 Å². The summed E-state index contributed by atoms with van der Waals surface area (Å²) in [6, 6.07) is 4.38. The van der Waals surface area contributed by atoms with Crippen LogP contribution in [0.25, 0.3) is 0 Å². The van der Waals surface area contributed by atoms with E-state index in [-0.39, 0.29) is 25.0 Å². The van der Waals surface area contributed by atoms with E-state index in [0.717, 1.165) is 0 Å². The van der Waals surface area contributed by atoms with E-state index >= 15 is 0 Å². The highest BCUT2D eigenvalue weighted by Gasteiger charge is 2.12. The molecule has 0 aliphatic carbocycles. The lowest BCUT2D eigenvalue weighted by atomic mass is 10.2. The number of hydrogen-bond donors (Lipinski definition) is 2. The van der Waals surface area contributed by atoms with Gasteiger partial charge in [-0.25, -0.2) is 4.39 Å². The summed E-state index contributed by atoms with van der Waals surface area (Å²) in [4.78, 5) is 11.6. The Hall–Kier alpha value is -0.980. The van der Waals surface area contributed by atoms with Crippen molar-refractivity contribution < 1.29 is 13.9 Å². The molecule has 3 N–H and O–H groups in total. The molecule has 4 nitrogen and oxygen atoms in total. The fourth-order valence-corrected chi connectivity index (χ4v) is 1.50. The van der Waals surface area contributed by atoms with Gasteiger partial charge in [-0.1, -0.05) is 0 Å². The van der Waals surface area contributed by atoms with Crippen LogP contribution in [0, 0.1) is 5.82 Å². The van der Waals surface area contributed by atoms with Crippen molar-refractivity contribution in [3.05, 3.63) is 28.5 Å². The minimum atomic E-state index is -0.426. The molecule has 1 unspecified atom stereocenters. The van der Waals surface area contributed by atoms with E-state index in [9.17, 15) is 9.18 Å². The van der Waals surface area contributed by atoms with Crippen LogP contribution in [0.2, 0.25) is 0 Å². The van der Waals surface area contributed by atoms with Crippen molar-refractivity contribution in [1.82, 2.24) is 0 Å². The van der Waals surface area contributed by atoms with Gasteiger partial charge in [0.25, 0.3) is 0 Å². The van der Waals surface area contributed by atoms with Crippen LogP contribution in [0.1, 0.15) is 6.42 Å². The van der Waals surface area contributed by atoms with Crippen LogP contribution >= 0.6 is 15.9 Å². The number of nitrogens with one attached hydrogen (secondary N) is 1. The predicted molar refractivity (Wildman–Crippen MR) is 67.2 cm³/mol. The summed E-state index contributed by atoms with van der Waals surface area (Å²) in [5.74, 6) is -0.686. The van der Waals surface area contributed by atoms with Crippen LogP contribution in [0.3, 0.4) is 0 Å². The van der Waals surface area contributed by atoms with E-state index in [0.29, 0.717) is 10.2 Å². The fourth-order valence-electron chi connectivity index (χ4n) is 1.26. The van der Waals surface area contributed by atoms with Crippen molar-refractivity contribution in [3.63, 3.8) is 0 Å². The van der Waals surface area contributed by atoms with Crippen molar-refractivity contribution in [2.45, 2.75) is 12.5 Å². The number of hydrogen-bond acceptors (Lipinski definition) is 3. The van der Waals surface area contributed by atoms with Gasteiger partial charge in [0.05, 0.1) is 17.0 Å².